The number of hydrogen-bond acceptors (Lipinski definition) is 4. The third kappa shape index (κ3) is 2.63. The Morgan fingerprint density at radius 2 is 1.64 bits per heavy atom. The third-order valence-corrected chi connectivity index (χ3v) is 3.54. The quantitative estimate of drug-likeness (QED) is 0.691. The molecular formula is C18H15NO3. The van der Waals surface area contributed by atoms with Crippen molar-refractivity contribution in [1.29, 1.82) is 0 Å². The van der Waals surface area contributed by atoms with Crippen LogP contribution in [0.5, 0.6) is 5.75 Å². The van der Waals surface area contributed by atoms with Gasteiger partial charge in [0.25, 0.3) is 0 Å². The monoisotopic (exact) mass is 293 g/mol. The number of methoxy groups -OCH3 is 2. The molecule has 0 saturated carbocycles. The van der Waals surface area contributed by atoms with E-state index in [1.165, 1.54) is 7.11 Å². The molecule has 1 heterocycles. The summed E-state index contributed by atoms with van der Waals surface area (Å²) in [5.41, 5.74) is 2.24. The first-order valence-corrected chi connectivity index (χ1v) is 6.84. The maximum atomic E-state index is 11.6. The minimum absolute atomic E-state index is 0.301. The van der Waals surface area contributed by atoms with E-state index in [4.69, 9.17) is 9.47 Å². The highest BCUT2D eigenvalue weighted by atomic mass is 16.5. The van der Waals surface area contributed by atoms with E-state index in [0.717, 1.165) is 27.6 Å². The molecule has 0 spiro atoms. The van der Waals surface area contributed by atoms with E-state index < -0.39 is 5.97 Å². The number of aromatic nitrogens is 1. The standard InChI is InChI=1S/C18H15NO3/c1-21-16-6-5-13-9-12(3-4-14(13)10-16)15-7-8-19-17(11-15)18(20)22-2/h3-11H,1-2H3. The van der Waals surface area contributed by atoms with Crippen molar-refractivity contribution in [2.75, 3.05) is 14.2 Å². The first-order valence-electron chi connectivity index (χ1n) is 6.84. The van der Waals surface area contributed by atoms with Gasteiger partial charge in [0.1, 0.15) is 11.4 Å². The Balaban J connectivity index is 2.05. The number of hydrogen-bond donors (Lipinski definition) is 0. The fraction of sp³-hybridized carbons (Fsp3) is 0.111. The molecular weight excluding hydrogens is 278 g/mol. The number of fused-ring (bicyclic) bond motifs is 1. The van der Waals surface area contributed by atoms with Crippen molar-refractivity contribution < 1.29 is 14.3 Å². The number of esters is 1. The summed E-state index contributed by atoms with van der Waals surface area (Å²) >= 11 is 0. The lowest BCUT2D eigenvalue weighted by Crippen LogP contribution is -2.03. The highest BCUT2D eigenvalue weighted by Gasteiger charge is 2.09. The van der Waals surface area contributed by atoms with Gasteiger partial charge >= 0.3 is 5.97 Å². The van der Waals surface area contributed by atoms with Gasteiger partial charge in [0.05, 0.1) is 14.2 Å². The van der Waals surface area contributed by atoms with Crippen LogP contribution in [0.2, 0.25) is 0 Å². The van der Waals surface area contributed by atoms with Crippen LogP contribution >= 0.6 is 0 Å². The summed E-state index contributed by atoms with van der Waals surface area (Å²) in [6.07, 6.45) is 1.61. The number of rotatable bonds is 3. The minimum atomic E-state index is -0.438. The largest absolute Gasteiger partial charge is 0.497 e. The summed E-state index contributed by atoms with van der Waals surface area (Å²) in [5, 5.41) is 2.21. The van der Waals surface area contributed by atoms with E-state index in [2.05, 4.69) is 11.1 Å². The zero-order chi connectivity index (χ0) is 15.5. The molecule has 3 rings (SSSR count). The van der Waals surface area contributed by atoms with Crippen molar-refractivity contribution in [2.24, 2.45) is 0 Å². The molecule has 0 bridgehead atoms. The Labute approximate surface area is 128 Å². The van der Waals surface area contributed by atoms with Crippen LogP contribution in [0.3, 0.4) is 0 Å². The lowest BCUT2D eigenvalue weighted by molar-refractivity contribution is 0.0594. The van der Waals surface area contributed by atoms with Crippen molar-refractivity contribution >= 4 is 16.7 Å². The van der Waals surface area contributed by atoms with Crippen molar-refractivity contribution in [1.82, 2.24) is 4.98 Å². The Morgan fingerprint density at radius 1 is 0.909 bits per heavy atom. The topological polar surface area (TPSA) is 48.4 Å². The van der Waals surface area contributed by atoms with Gasteiger partial charge in [-0.2, -0.15) is 0 Å². The smallest absolute Gasteiger partial charge is 0.356 e. The van der Waals surface area contributed by atoms with E-state index in [0.29, 0.717) is 5.69 Å². The molecule has 110 valence electrons. The maximum absolute atomic E-state index is 11.6. The number of carbonyl (C=O) groups is 1. The van der Waals surface area contributed by atoms with Gasteiger partial charge in [0, 0.05) is 6.20 Å². The summed E-state index contributed by atoms with van der Waals surface area (Å²) < 4.78 is 9.94. The second kappa shape index (κ2) is 5.85. The minimum Gasteiger partial charge on any atom is -0.497 e. The van der Waals surface area contributed by atoms with Gasteiger partial charge in [-0.25, -0.2) is 9.78 Å². The molecule has 2 aromatic carbocycles. The van der Waals surface area contributed by atoms with E-state index in [-0.39, 0.29) is 0 Å². The predicted molar refractivity (Wildman–Crippen MR) is 85.1 cm³/mol. The van der Waals surface area contributed by atoms with Crippen LogP contribution in [0.25, 0.3) is 21.9 Å². The van der Waals surface area contributed by atoms with Gasteiger partial charge in [-0.05, 0) is 52.2 Å². The Morgan fingerprint density at radius 3 is 2.41 bits per heavy atom. The molecule has 0 amide bonds. The number of pyridine rings is 1. The number of nitrogens with zero attached hydrogens (tertiary/aromatic N) is 1. The second-order valence-electron chi connectivity index (χ2n) is 4.85. The SMILES string of the molecule is COC(=O)c1cc(-c2ccc3cc(OC)ccc3c2)ccn1. The van der Waals surface area contributed by atoms with Crippen molar-refractivity contribution in [2.45, 2.75) is 0 Å². The molecule has 0 saturated heterocycles. The van der Waals surface area contributed by atoms with Crippen LogP contribution in [0.1, 0.15) is 10.5 Å². The van der Waals surface area contributed by atoms with E-state index in [1.54, 1.807) is 19.4 Å². The van der Waals surface area contributed by atoms with E-state index in [9.17, 15) is 4.79 Å². The van der Waals surface area contributed by atoms with Gasteiger partial charge in [-0.15, -0.1) is 0 Å². The molecule has 0 aliphatic rings. The van der Waals surface area contributed by atoms with Gasteiger partial charge in [0.2, 0.25) is 0 Å². The fourth-order valence-electron chi connectivity index (χ4n) is 2.36. The molecule has 1 aromatic heterocycles. The number of ether oxygens (including phenoxy) is 2. The van der Waals surface area contributed by atoms with Crippen molar-refractivity contribution in [3.63, 3.8) is 0 Å². The summed E-state index contributed by atoms with van der Waals surface area (Å²) in [4.78, 5) is 15.6. The molecule has 0 unspecified atom stereocenters. The highest BCUT2D eigenvalue weighted by molar-refractivity contribution is 5.91. The highest BCUT2D eigenvalue weighted by Crippen LogP contribution is 2.27. The number of benzene rings is 2. The average molecular weight is 293 g/mol. The Hall–Kier alpha value is -2.88. The van der Waals surface area contributed by atoms with Crippen LogP contribution in [0.4, 0.5) is 0 Å². The van der Waals surface area contributed by atoms with Crippen LogP contribution in [0.15, 0.2) is 54.7 Å². The molecule has 0 N–H and O–H groups in total. The molecule has 4 heteroatoms. The maximum Gasteiger partial charge on any atom is 0.356 e. The predicted octanol–water partition coefficient (Wildman–Crippen LogP) is 3.70. The molecule has 0 fully saturated rings. The van der Waals surface area contributed by atoms with E-state index in [1.807, 2.05) is 36.4 Å². The molecule has 22 heavy (non-hydrogen) atoms. The lowest BCUT2D eigenvalue weighted by atomic mass is 10.0. The van der Waals surface area contributed by atoms with Crippen LogP contribution in [-0.2, 0) is 4.74 Å². The van der Waals surface area contributed by atoms with Gasteiger partial charge in [-0.3, -0.25) is 0 Å². The normalized spacial score (nSPS) is 10.5. The van der Waals surface area contributed by atoms with Gasteiger partial charge < -0.3 is 9.47 Å². The Bertz CT molecular complexity index is 843. The molecule has 0 radical (unpaired) electrons. The Kier molecular flexibility index (Phi) is 3.74. The van der Waals surface area contributed by atoms with Crippen LogP contribution < -0.4 is 4.74 Å². The summed E-state index contributed by atoms with van der Waals surface area (Å²) in [6.45, 7) is 0. The summed E-state index contributed by atoms with van der Waals surface area (Å²) in [6, 6.07) is 15.7. The second-order valence-corrected chi connectivity index (χ2v) is 4.85. The number of carbonyl (C=O) groups excluding carboxylic acids is 1. The molecule has 0 atom stereocenters. The average Bonchev–Trinajstić information content (AvgIpc) is 2.60. The molecule has 0 aliphatic carbocycles. The molecule has 3 aromatic rings. The zero-order valence-electron chi connectivity index (χ0n) is 12.4. The zero-order valence-corrected chi connectivity index (χ0v) is 12.4. The first kappa shape index (κ1) is 14.1. The third-order valence-electron chi connectivity index (χ3n) is 3.54. The van der Waals surface area contributed by atoms with Crippen molar-refractivity contribution in [3.8, 4) is 16.9 Å². The first-order chi connectivity index (χ1) is 10.7. The lowest BCUT2D eigenvalue weighted by Gasteiger charge is -2.07. The molecule has 0 aliphatic heterocycles. The summed E-state index contributed by atoms with van der Waals surface area (Å²) in [7, 11) is 3.00. The fourth-order valence-corrected chi connectivity index (χ4v) is 2.36. The molecule has 4 nitrogen and oxygen atoms in total. The van der Waals surface area contributed by atoms with Gasteiger partial charge in [0.15, 0.2) is 0 Å². The van der Waals surface area contributed by atoms with Crippen molar-refractivity contribution in [3.05, 3.63) is 60.4 Å². The van der Waals surface area contributed by atoms with Gasteiger partial charge in [-0.1, -0.05) is 18.2 Å². The van der Waals surface area contributed by atoms with Crippen LogP contribution in [-0.4, -0.2) is 25.2 Å². The van der Waals surface area contributed by atoms with Crippen LogP contribution in [0, 0.1) is 0 Å². The summed E-state index contributed by atoms with van der Waals surface area (Å²) in [5.74, 6) is 0.393. The van der Waals surface area contributed by atoms with E-state index >= 15 is 0 Å².